The number of carbonyl (C=O) groups excluding carboxylic acids is 1. The van der Waals surface area contributed by atoms with Crippen molar-refractivity contribution in [2.45, 2.75) is 6.92 Å². The molecule has 0 aliphatic heterocycles. The zero-order valence-electron chi connectivity index (χ0n) is 8.45. The van der Waals surface area contributed by atoms with Gasteiger partial charge in [0.25, 0.3) is 0 Å². The van der Waals surface area contributed by atoms with E-state index in [0.717, 1.165) is 5.69 Å². The first kappa shape index (κ1) is 10.7. The summed E-state index contributed by atoms with van der Waals surface area (Å²) >= 11 is 0. The summed E-state index contributed by atoms with van der Waals surface area (Å²) < 4.78 is 0. The highest BCUT2D eigenvalue weighted by Gasteiger charge is 2.11. The third kappa shape index (κ3) is 3.14. The van der Waals surface area contributed by atoms with Crippen molar-refractivity contribution in [3.8, 4) is 0 Å². The molecule has 4 heteroatoms. The zero-order valence-corrected chi connectivity index (χ0v) is 8.45. The molecule has 0 saturated carbocycles. The van der Waals surface area contributed by atoms with E-state index in [9.17, 15) is 4.79 Å². The lowest BCUT2D eigenvalue weighted by Gasteiger charge is -2.10. The van der Waals surface area contributed by atoms with Crippen LogP contribution < -0.4 is 10.6 Å². The molecule has 0 bridgehead atoms. The molecule has 1 aromatic heterocycles. The molecule has 4 nitrogen and oxygen atoms in total. The Kier molecular flexibility index (Phi) is 4.07. The standard InChI is InChI=1S/C10H15N3O/c1-8(7-11-2)10(14)13-9-3-5-12-6-4-9/h3-6,8,11H,7H2,1-2H3,(H,12,13,14). The smallest absolute Gasteiger partial charge is 0.228 e. The normalized spacial score (nSPS) is 12.1. The second-order valence-electron chi connectivity index (χ2n) is 3.18. The number of rotatable bonds is 4. The molecule has 0 aromatic carbocycles. The molecule has 1 amide bonds. The maximum atomic E-state index is 11.5. The van der Waals surface area contributed by atoms with E-state index < -0.39 is 0 Å². The highest BCUT2D eigenvalue weighted by molar-refractivity contribution is 5.92. The quantitative estimate of drug-likeness (QED) is 0.746. The number of amides is 1. The minimum absolute atomic E-state index is 0.0190. The molecule has 76 valence electrons. The van der Waals surface area contributed by atoms with Crippen molar-refractivity contribution in [2.24, 2.45) is 5.92 Å². The Morgan fingerprint density at radius 2 is 2.14 bits per heavy atom. The molecule has 0 spiro atoms. The Bertz CT molecular complexity index is 287. The number of nitrogens with one attached hydrogen (secondary N) is 2. The van der Waals surface area contributed by atoms with Crippen LogP contribution in [0.3, 0.4) is 0 Å². The maximum absolute atomic E-state index is 11.5. The fourth-order valence-corrected chi connectivity index (χ4v) is 1.10. The fraction of sp³-hybridized carbons (Fsp3) is 0.400. The number of anilines is 1. The van der Waals surface area contributed by atoms with Crippen LogP contribution in [-0.4, -0.2) is 24.5 Å². The number of hydrogen-bond donors (Lipinski definition) is 2. The molecule has 1 rings (SSSR count). The van der Waals surface area contributed by atoms with Gasteiger partial charge in [-0.05, 0) is 19.2 Å². The lowest BCUT2D eigenvalue weighted by molar-refractivity contribution is -0.119. The maximum Gasteiger partial charge on any atom is 0.228 e. The van der Waals surface area contributed by atoms with Gasteiger partial charge in [-0.3, -0.25) is 9.78 Å². The van der Waals surface area contributed by atoms with Gasteiger partial charge >= 0.3 is 0 Å². The van der Waals surface area contributed by atoms with E-state index in [1.54, 1.807) is 24.5 Å². The minimum Gasteiger partial charge on any atom is -0.326 e. The lowest BCUT2D eigenvalue weighted by Crippen LogP contribution is -2.28. The number of aromatic nitrogens is 1. The average molecular weight is 193 g/mol. The summed E-state index contributed by atoms with van der Waals surface area (Å²) in [5.74, 6) is -0.0151. The number of nitrogens with zero attached hydrogens (tertiary/aromatic N) is 1. The van der Waals surface area contributed by atoms with Gasteiger partial charge in [0.1, 0.15) is 0 Å². The topological polar surface area (TPSA) is 54.0 Å². The van der Waals surface area contributed by atoms with Crippen molar-refractivity contribution in [1.82, 2.24) is 10.3 Å². The van der Waals surface area contributed by atoms with Gasteiger partial charge in [-0.25, -0.2) is 0 Å². The van der Waals surface area contributed by atoms with Crippen LogP contribution in [0.25, 0.3) is 0 Å². The molecule has 2 N–H and O–H groups in total. The van der Waals surface area contributed by atoms with Gasteiger partial charge in [-0.1, -0.05) is 6.92 Å². The van der Waals surface area contributed by atoms with E-state index in [1.807, 2.05) is 14.0 Å². The van der Waals surface area contributed by atoms with Gasteiger partial charge in [-0.2, -0.15) is 0 Å². The fourth-order valence-electron chi connectivity index (χ4n) is 1.10. The Labute approximate surface area is 83.7 Å². The number of carbonyl (C=O) groups is 1. The highest BCUT2D eigenvalue weighted by atomic mass is 16.1. The predicted octanol–water partition coefficient (Wildman–Crippen LogP) is 0.876. The first-order chi connectivity index (χ1) is 6.74. The van der Waals surface area contributed by atoms with Gasteiger partial charge in [-0.15, -0.1) is 0 Å². The van der Waals surface area contributed by atoms with Gasteiger partial charge < -0.3 is 10.6 Å². The molecule has 0 aliphatic rings. The largest absolute Gasteiger partial charge is 0.326 e. The SMILES string of the molecule is CNCC(C)C(=O)Nc1ccncc1. The molecule has 1 unspecified atom stereocenters. The summed E-state index contributed by atoms with van der Waals surface area (Å²) in [4.78, 5) is 15.4. The summed E-state index contributed by atoms with van der Waals surface area (Å²) in [6.07, 6.45) is 3.30. The summed E-state index contributed by atoms with van der Waals surface area (Å²) in [5, 5.41) is 5.77. The first-order valence-electron chi connectivity index (χ1n) is 4.59. The lowest BCUT2D eigenvalue weighted by atomic mass is 10.1. The molecular formula is C10H15N3O. The van der Waals surface area contributed by atoms with E-state index in [-0.39, 0.29) is 11.8 Å². The van der Waals surface area contributed by atoms with Crippen LogP contribution in [0, 0.1) is 5.92 Å². The Morgan fingerprint density at radius 3 is 2.71 bits per heavy atom. The van der Waals surface area contributed by atoms with E-state index in [2.05, 4.69) is 15.6 Å². The van der Waals surface area contributed by atoms with Crippen LogP contribution in [0.1, 0.15) is 6.92 Å². The van der Waals surface area contributed by atoms with Gasteiger partial charge in [0.05, 0.1) is 0 Å². The monoisotopic (exact) mass is 193 g/mol. The number of hydrogen-bond acceptors (Lipinski definition) is 3. The van der Waals surface area contributed by atoms with Crippen molar-refractivity contribution in [1.29, 1.82) is 0 Å². The Morgan fingerprint density at radius 1 is 1.50 bits per heavy atom. The summed E-state index contributed by atoms with van der Waals surface area (Å²) in [7, 11) is 1.83. The van der Waals surface area contributed by atoms with Crippen molar-refractivity contribution >= 4 is 11.6 Å². The second kappa shape index (κ2) is 5.34. The van der Waals surface area contributed by atoms with Crippen LogP contribution in [0.5, 0.6) is 0 Å². The molecule has 0 saturated heterocycles. The van der Waals surface area contributed by atoms with E-state index in [1.165, 1.54) is 0 Å². The van der Waals surface area contributed by atoms with Crippen molar-refractivity contribution in [3.05, 3.63) is 24.5 Å². The van der Waals surface area contributed by atoms with Crippen LogP contribution >= 0.6 is 0 Å². The number of pyridine rings is 1. The third-order valence-corrected chi connectivity index (χ3v) is 1.91. The van der Waals surface area contributed by atoms with Crippen LogP contribution in [0.4, 0.5) is 5.69 Å². The molecular weight excluding hydrogens is 178 g/mol. The zero-order chi connectivity index (χ0) is 10.4. The predicted molar refractivity (Wildman–Crippen MR) is 56.0 cm³/mol. The first-order valence-corrected chi connectivity index (χ1v) is 4.59. The van der Waals surface area contributed by atoms with Crippen molar-refractivity contribution < 1.29 is 4.79 Å². The van der Waals surface area contributed by atoms with Crippen LogP contribution in [0.15, 0.2) is 24.5 Å². The summed E-state index contributed by atoms with van der Waals surface area (Å²) in [5.41, 5.74) is 0.785. The van der Waals surface area contributed by atoms with Crippen molar-refractivity contribution in [3.63, 3.8) is 0 Å². The Balaban J connectivity index is 2.49. The molecule has 1 heterocycles. The van der Waals surface area contributed by atoms with Crippen molar-refractivity contribution in [2.75, 3.05) is 18.9 Å². The van der Waals surface area contributed by atoms with Gasteiger partial charge in [0, 0.05) is 30.5 Å². The third-order valence-electron chi connectivity index (χ3n) is 1.91. The molecule has 1 atom stereocenters. The summed E-state index contributed by atoms with van der Waals surface area (Å²) in [6, 6.07) is 3.54. The molecule has 0 radical (unpaired) electrons. The second-order valence-corrected chi connectivity index (χ2v) is 3.18. The van der Waals surface area contributed by atoms with Crippen LogP contribution in [-0.2, 0) is 4.79 Å². The molecule has 0 aliphatic carbocycles. The van der Waals surface area contributed by atoms with E-state index in [0.29, 0.717) is 6.54 Å². The minimum atomic E-state index is -0.0341. The van der Waals surface area contributed by atoms with E-state index >= 15 is 0 Å². The Hall–Kier alpha value is -1.42. The molecule has 1 aromatic rings. The average Bonchev–Trinajstić information content (AvgIpc) is 2.19. The molecule has 0 fully saturated rings. The molecule has 14 heavy (non-hydrogen) atoms. The van der Waals surface area contributed by atoms with Gasteiger partial charge in [0.2, 0.25) is 5.91 Å². The summed E-state index contributed by atoms with van der Waals surface area (Å²) in [6.45, 7) is 2.56. The van der Waals surface area contributed by atoms with E-state index in [4.69, 9.17) is 0 Å². The van der Waals surface area contributed by atoms with Gasteiger partial charge in [0.15, 0.2) is 0 Å². The highest BCUT2D eigenvalue weighted by Crippen LogP contribution is 2.05. The van der Waals surface area contributed by atoms with Crippen LogP contribution in [0.2, 0.25) is 0 Å².